The van der Waals surface area contributed by atoms with Crippen LogP contribution in [0.2, 0.25) is 6.82 Å². The van der Waals surface area contributed by atoms with Crippen LogP contribution in [0.25, 0.3) is 0 Å². The molecule has 0 radical (unpaired) electrons. The average Bonchev–Trinajstić information content (AvgIpc) is 2.91. The van der Waals surface area contributed by atoms with Gasteiger partial charge in [-0.2, -0.15) is 0 Å². The summed E-state index contributed by atoms with van der Waals surface area (Å²) in [5, 5.41) is 0. The predicted molar refractivity (Wildman–Crippen MR) is 181 cm³/mol. The molecule has 0 N–H and O–H groups in total. The average molecular weight is 604 g/mol. The van der Waals surface area contributed by atoms with Gasteiger partial charge in [0.05, 0.1) is 0 Å². The number of alkyl halides is 1. The first-order valence-corrected chi connectivity index (χ1v) is 17.7. The van der Waals surface area contributed by atoms with E-state index in [0.29, 0.717) is 6.71 Å². The molecule has 0 bridgehead atoms. The van der Waals surface area contributed by atoms with Crippen LogP contribution in [-0.2, 0) is 6.42 Å². The first kappa shape index (κ1) is 30.9. The molecule has 1 aromatic carbocycles. The Balaban J connectivity index is 2.05. The quantitative estimate of drug-likeness (QED) is 0.102. The number of aryl methyl sites for hydroxylation is 1. The first-order chi connectivity index (χ1) is 17.5. The first-order valence-electron chi connectivity index (χ1n) is 13.4. The minimum Gasteiger partial charge on any atom is -0.0613 e. The molecule has 1 aliphatic rings. The number of hydrogen-bond acceptors (Lipinski definition) is 0. The zero-order chi connectivity index (χ0) is 27.5. The van der Waals surface area contributed by atoms with Gasteiger partial charge < -0.3 is 0 Å². The third kappa shape index (κ3) is 9.49. The van der Waals surface area contributed by atoms with Gasteiger partial charge in [-0.1, -0.05) is 13.0 Å². The molecule has 1 aliphatic carbocycles. The topological polar surface area (TPSA) is 0 Å². The van der Waals surface area contributed by atoms with Gasteiger partial charge in [0.25, 0.3) is 0 Å². The fourth-order valence-corrected chi connectivity index (χ4v) is 7.74. The van der Waals surface area contributed by atoms with Crippen molar-refractivity contribution in [3.63, 3.8) is 0 Å². The number of benzene rings is 1. The second kappa shape index (κ2) is 15.2. The number of allylic oxidation sites excluding steroid dienone is 16. The summed E-state index contributed by atoms with van der Waals surface area (Å²) in [6.07, 6.45) is 21.3. The zero-order valence-corrected chi connectivity index (χ0v) is 26.6. The normalized spacial score (nSPS) is 15.2. The van der Waals surface area contributed by atoms with E-state index in [4.69, 9.17) is 0 Å². The van der Waals surface area contributed by atoms with Crippen molar-refractivity contribution >= 4 is 32.0 Å². The van der Waals surface area contributed by atoms with Crippen LogP contribution in [0, 0.1) is 0 Å². The van der Waals surface area contributed by atoms with Crippen LogP contribution in [0.5, 0.6) is 0 Å². The van der Waals surface area contributed by atoms with Crippen molar-refractivity contribution in [2.75, 3.05) is 4.93 Å². The van der Waals surface area contributed by atoms with Crippen molar-refractivity contribution in [2.45, 2.75) is 67.6 Å². The van der Waals surface area contributed by atoms with Gasteiger partial charge in [0, 0.05) is 0 Å². The minimum absolute atomic E-state index is 0.304. The van der Waals surface area contributed by atoms with Gasteiger partial charge in [-0.05, 0) is 0 Å². The summed E-state index contributed by atoms with van der Waals surface area (Å²) in [4.78, 5) is 2.48. The maximum atomic E-state index is 4.37. The maximum absolute atomic E-state index is 4.37. The Hall–Kier alpha value is -2.33. The molecule has 0 spiro atoms. The van der Waals surface area contributed by atoms with E-state index in [0.717, 1.165) is 30.3 Å². The van der Waals surface area contributed by atoms with Gasteiger partial charge in [0.15, 0.2) is 0 Å². The van der Waals surface area contributed by atoms with E-state index in [9.17, 15) is 0 Å². The molecule has 0 unspecified atom stereocenters. The molecular formula is C35H46BI. The summed E-state index contributed by atoms with van der Waals surface area (Å²) >= 11 is -1.31. The summed E-state index contributed by atoms with van der Waals surface area (Å²) in [5.41, 5.74) is 10.3. The SMILES string of the molecule is C=C(/C=C\C(=C)C1=CC=C(I(C)/C(C)=C/C=C(C)/C(C)=C/C=C(C)C)CC1)B(C)c1ccccc1CC. The predicted octanol–water partition coefficient (Wildman–Crippen LogP) is 10.3. The van der Waals surface area contributed by atoms with Gasteiger partial charge >= 0.3 is 224 Å². The van der Waals surface area contributed by atoms with Gasteiger partial charge in [0.1, 0.15) is 0 Å². The Morgan fingerprint density at radius 3 is 2.14 bits per heavy atom. The van der Waals surface area contributed by atoms with Crippen LogP contribution < -0.4 is 5.46 Å². The van der Waals surface area contributed by atoms with Crippen LogP contribution in [-0.4, -0.2) is 11.6 Å². The molecule has 0 saturated carbocycles. The summed E-state index contributed by atoms with van der Waals surface area (Å²) in [6.45, 7) is 24.5. The molecule has 0 nitrogen and oxygen atoms in total. The molecule has 1 aromatic rings. The van der Waals surface area contributed by atoms with Crippen molar-refractivity contribution in [1.29, 1.82) is 0 Å². The van der Waals surface area contributed by atoms with E-state index in [-0.39, 0.29) is 0 Å². The van der Waals surface area contributed by atoms with Crippen LogP contribution in [0.1, 0.15) is 59.9 Å². The molecular weight excluding hydrogens is 558 g/mol. The van der Waals surface area contributed by atoms with Gasteiger partial charge in [-0.3, -0.25) is 0 Å². The molecule has 0 atom stereocenters. The van der Waals surface area contributed by atoms with Crippen LogP contribution in [0.4, 0.5) is 0 Å². The Labute approximate surface area is 235 Å². The second-order valence-corrected chi connectivity index (χ2v) is 16.0. The van der Waals surface area contributed by atoms with Crippen molar-refractivity contribution in [2.24, 2.45) is 0 Å². The molecule has 0 heterocycles. The summed E-state index contributed by atoms with van der Waals surface area (Å²) < 4.78 is 3.20. The number of halogens is 1. The fourth-order valence-electron chi connectivity index (χ4n) is 4.13. The van der Waals surface area contributed by atoms with E-state index in [1.807, 2.05) is 0 Å². The number of hydrogen-bond donors (Lipinski definition) is 0. The smallest absolute Gasteiger partial charge is 0.0613 e. The van der Waals surface area contributed by atoms with Gasteiger partial charge in [-0.15, -0.1) is 0 Å². The Morgan fingerprint density at radius 2 is 1.54 bits per heavy atom. The second-order valence-electron chi connectivity index (χ2n) is 10.2. The van der Waals surface area contributed by atoms with Gasteiger partial charge in [-0.25, -0.2) is 0 Å². The summed E-state index contributed by atoms with van der Waals surface area (Å²) in [5.74, 6) is 0. The summed E-state index contributed by atoms with van der Waals surface area (Å²) in [7, 11) is 0. The molecule has 37 heavy (non-hydrogen) atoms. The van der Waals surface area contributed by atoms with Crippen LogP contribution in [0.3, 0.4) is 0 Å². The molecule has 0 fully saturated rings. The Bertz CT molecular complexity index is 1210. The molecule has 0 saturated heterocycles. The Morgan fingerprint density at radius 1 is 0.892 bits per heavy atom. The molecule has 2 heteroatoms. The van der Waals surface area contributed by atoms with Gasteiger partial charge in [0.2, 0.25) is 0 Å². The molecule has 0 amide bonds. The zero-order valence-electron chi connectivity index (χ0n) is 24.4. The van der Waals surface area contributed by atoms with Crippen molar-refractivity contribution in [3.8, 4) is 0 Å². The molecule has 0 aromatic heterocycles. The van der Waals surface area contributed by atoms with Crippen LogP contribution in [0.15, 0.2) is 127 Å². The number of rotatable bonds is 11. The van der Waals surface area contributed by atoms with E-state index < -0.39 is 19.8 Å². The third-order valence-corrected chi connectivity index (χ3v) is 13.0. The fraction of sp³-hybridized carbons (Fsp3) is 0.314. The van der Waals surface area contributed by atoms with Crippen molar-refractivity contribution in [3.05, 3.63) is 132 Å². The van der Waals surface area contributed by atoms with E-state index in [1.165, 1.54) is 33.3 Å². The van der Waals surface area contributed by atoms with E-state index in [2.05, 4.69) is 139 Å². The van der Waals surface area contributed by atoms with E-state index >= 15 is 0 Å². The van der Waals surface area contributed by atoms with E-state index in [1.54, 1.807) is 7.16 Å². The minimum atomic E-state index is -1.31. The molecule has 2 rings (SSSR count). The third-order valence-electron chi connectivity index (χ3n) is 7.13. The standard InChI is InChI=1S/C35H46BI/c1-11-32-14-12-13-15-35(32)36(9)30(7)20-18-29(6)33-22-24-34(25-23-33)37(10)31(8)21-19-28(5)27(4)17-16-26(2)3/h12-22,24H,6-7,11,23,25H2,1-5,8-10H3/b20-18-,27-17+,28-19+,31-21+. The monoisotopic (exact) mass is 604 g/mol. The summed E-state index contributed by atoms with van der Waals surface area (Å²) in [6, 6.07) is 8.70. The molecule has 0 aliphatic heterocycles. The van der Waals surface area contributed by atoms with Crippen LogP contribution >= 0.6 is 19.8 Å². The van der Waals surface area contributed by atoms with Crippen molar-refractivity contribution in [1.82, 2.24) is 0 Å². The van der Waals surface area contributed by atoms with Crippen molar-refractivity contribution < 1.29 is 0 Å². The Kier molecular flexibility index (Phi) is 12.7. The molecule has 196 valence electrons.